The summed E-state index contributed by atoms with van der Waals surface area (Å²) >= 11 is 0. The second-order valence-electron chi connectivity index (χ2n) is 7.07. The van der Waals surface area contributed by atoms with Crippen molar-refractivity contribution in [3.05, 3.63) is 29.8 Å². The first-order valence-electron chi connectivity index (χ1n) is 8.89. The summed E-state index contributed by atoms with van der Waals surface area (Å²) in [7, 11) is 0. The summed E-state index contributed by atoms with van der Waals surface area (Å²) in [6.07, 6.45) is 1.63. The van der Waals surface area contributed by atoms with Gasteiger partial charge < -0.3 is 20.4 Å². The molecular formula is C19H30N2O3. The molecule has 5 nitrogen and oxygen atoms in total. The van der Waals surface area contributed by atoms with Crippen LogP contribution in [0, 0.1) is 11.8 Å². The van der Waals surface area contributed by atoms with Gasteiger partial charge in [-0.25, -0.2) is 0 Å². The van der Waals surface area contributed by atoms with E-state index in [4.69, 9.17) is 0 Å². The van der Waals surface area contributed by atoms with Crippen molar-refractivity contribution < 1.29 is 15.0 Å². The third kappa shape index (κ3) is 5.49. The molecule has 3 N–H and O–H groups in total. The topological polar surface area (TPSA) is 72.8 Å². The molecule has 1 heterocycles. The van der Waals surface area contributed by atoms with E-state index in [2.05, 4.69) is 22.3 Å². The third-order valence-corrected chi connectivity index (χ3v) is 4.83. The molecule has 1 aromatic rings. The summed E-state index contributed by atoms with van der Waals surface area (Å²) in [6, 6.07) is 8.24. The molecule has 1 aromatic carbocycles. The van der Waals surface area contributed by atoms with Crippen LogP contribution in [-0.4, -0.2) is 41.9 Å². The van der Waals surface area contributed by atoms with E-state index in [1.807, 2.05) is 26.0 Å². The molecule has 0 spiro atoms. The fourth-order valence-electron chi connectivity index (χ4n) is 2.90. The van der Waals surface area contributed by atoms with Crippen LogP contribution in [0.5, 0.6) is 0 Å². The van der Waals surface area contributed by atoms with Crippen LogP contribution in [0.3, 0.4) is 0 Å². The van der Waals surface area contributed by atoms with Crippen LogP contribution in [0.1, 0.15) is 38.7 Å². The minimum Gasteiger partial charge on any atom is -0.396 e. The fraction of sp³-hybridized carbons (Fsp3) is 0.632. The standard InChI is InChI=1S/C19H30N2O3/c1-14(2)18(23)11-19(24)20-12-15-3-5-17(6-4-15)21-9-7-16(13-22)8-10-21/h3-6,14,16,18,22-23H,7-13H2,1-2H3,(H,20,24). The van der Waals surface area contributed by atoms with Gasteiger partial charge in [0.1, 0.15) is 0 Å². The maximum atomic E-state index is 11.8. The van der Waals surface area contributed by atoms with Crippen molar-refractivity contribution in [1.82, 2.24) is 5.32 Å². The zero-order valence-corrected chi connectivity index (χ0v) is 14.7. The van der Waals surface area contributed by atoms with E-state index in [1.54, 1.807) is 0 Å². The van der Waals surface area contributed by atoms with Crippen molar-refractivity contribution in [1.29, 1.82) is 0 Å². The molecule has 0 aliphatic carbocycles. The van der Waals surface area contributed by atoms with E-state index in [0.717, 1.165) is 31.5 Å². The number of nitrogens with one attached hydrogen (secondary N) is 1. The second-order valence-corrected chi connectivity index (χ2v) is 7.07. The highest BCUT2D eigenvalue weighted by atomic mass is 16.3. The van der Waals surface area contributed by atoms with Gasteiger partial charge in [-0.15, -0.1) is 0 Å². The Kier molecular flexibility index (Phi) is 7.06. The van der Waals surface area contributed by atoms with Gasteiger partial charge in [0.2, 0.25) is 5.91 Å². The van der Waals surface area contributed by atoms with Gasteiger partial charge in [-0.2, -0.15) is 0 Å². The highest BCUT2D eigenvalue weighted by Gasteiger charge is 2.18. The number of amides is 1. The lowest BCUT2D eigenvalue weighted by Gasteiger charge is -2.33. The van der Waals surface area contributed by atoms with Gasteiger partial charge in [0, 0.05) is 31.9 Å². The average Bonchev–Trinajstić information content (AvgIpc) is 2.60. The number of aliphatic hydroxyl groups excluding tert-OH is 2. The lowest BCUT2D eigenvalue weighted by Crippen LogP contribution is -2.34. The summed E-state index contributed by atoms with van der Waals surface area (Å²) in [5, 5.41) is 21.8. The fourth-order valence-corrected chi connectivity index (χ4v) is 2.90. The number of aliphatic hydroxyl groups is 2. The minimum absolute atomic E-state index is 0.0880. The van der Waals surface area contributed by atoms with Crippen molar-refractivity contribution in [2.24, 2.45) is 11.8 Å². The summed E-state index contributed by atoms with van der Waals surface area (Å²) in [4.78, 5) is 14.1. The van der Waals surface area contributed by atoms with Gasteiger partial charge in [0.05, 0.1) is 12.5 Å². The number of piperidine rings is 1. The van der Waals surface area contributed by atoms with Gasteiger partial charge in [0.15, 0.2) is 0 Å². The minimum atomic E-state index is -0.589. The van der Waals surface area contributed by atoms with Crippen LogP contribution < -0.4 is 10.2 Å². The molecule has 1 amide bonds. The molecule has 1 atom stereocenters. The first-order valence-corrected chi connectivity index (χ1v) is 8.89. The van der Waals surface area contributed by atoms with Crippen molar-refractivity contribution in [3.63, 3.8) is 0 Å². The Morgan fingerprint density at radius 1 is 1.25 bits per heavy atom. The van der Waals surface area contributed by atoms with Crippen LogP contribution in [0.25, 0.3) is 0 Å². The van der Waals surface area contributed by atoms with E-state index in [9.17, 15) is 15.0 Å². The number of rotatable bonds is 7. The van der Waals surface area contributed by atoms with Gasteiger partial charge >= 0.3 is 0 Å². The van der Waals surface area contributed by atoms with Crippen molar-refractivity contribution >= 4 is 11.6 Å². The Labute approximate surface area is 144 Å². The largest absolute Gasteiger partial charge is 0.396 e. The molecule has 0 radical (unpaired) electrons. The van der Waals surface area contributed by atoms with Crippen LogP contribution in [0.4, 0.5) is 5.69 Å². The molecule has 0 aromatic heterocycles. The average molecular weight is 334 g/mol. The molecule has 2 rings (SSSR count). The molecule has 1 unspecified atom stereocenters. The molecule has 1 aliphatic heterocycles. The number of carbonyl (C=O) groups excluding carboxylic acids is 1. The normalized spacial score (nSPS) is 17.1. The Balaban J connectivity index is 1.79. The highest BCUT2D eigenvalue weighted by Crippen LogP contribution is 2.23. The van der Waals surface area contributed by atoms with Gasteiger partial charge in [-0.05, 0) is 42.4 Å². The smallest absolute Gasteiger partial charge is 0.222 e. The summed E-state index contributed by atoms with van der Waals surface area (Å²) < 4.78 is 0. The number of carbonyl (C=O) groups is 1. The van der Waals surface area contributed by atoms with E-state index in [0.29, 0.717) is 12.5 Å². The quantitative estimate of drug-likeness (QED) is 0.712. The predicted molar refractivity (Wildman–Crippen MR) is 95.8 cm³/mol. The SMILES string of the molecule is CC(C)C(O)CC(=O)NCc1ccc(N2CCC(CO)CC2)cc1. The van der Waals surface area contributed by atoms with Crippen LogP contribution in [0.15, 0.2) is 24.3 Å². The summed E-state index contributed by atoms with van der Waals surface area (Å²) in [5.41, 5.74) is 2.24. The first kappa shape index (κ1) is 18.7. The summed E-state index contributed by atoms with van der Waals surface area (Å²) in [6.45, 7) is 6.54. The summed E-state index contributed by atoms with van der Waals surface area (Å²) in [5.74, 6) is 0.410. The van der Waals surface area contributed by atoms with Crippen LogP contribution in [0.2, 0.25) is 0 Å². The van der Waals surface area contributed by atoms with Crippen molar-refractivity contribution in [2.75, 3.05) is 24.6 Å². The predicted octanol–water partition coefficient (Wildman–Crippen LogP) is 1.92. The molecule has 0 bridgehead atoms. The third-order valence-electron chi connectivity index (χ3n) is 4.83. The number of anilines is 1. The molecule has 24 heavy (non-hydrogen) atoms. The Hall–Kier alpha value is -1.59. The lowest BCUT2D eigenvalue weighted by atomic mass is 9.97. The van der Waals surface area contributed by atoms with Gasteiger partial charge in [0.25, 0.3) is 0 Å². The molecule has 134 valence electrons. The number of hydrogen-bond acceptors (Lipinski definition) is 4. The highest BCUT2D eigenvalue weighted by molar-refractivity contribution is 5.76. The van der Waals surface area contributed by atoms with Crippen LogP contribution in [-0.2, 0) is 11.3 Å². The molecule has 1 aliphatic rings. The Morgan fingerprint density at radius 2 is 1.88 bits per heavy atom. The lowest BCUT2D eigenvalue weighted by molar-refractivity contribution is -0.123. The first-order chi connectivity index (χ1) is 11.5. The monoisotopic (exact) mass is 334 g/mol. The number of benzene rings is 1. The molecule has 5 heteroatoms. The maximum absolute atomic E-state index is 11.8. The maximum Gasteiger partial charge on any atom is 0.222 e. The molecular weight excluding hydrogens is 304 g/mol. The van der Waals surface area contributed by atoms with Crippen molar-refractivity contribution in [3.8, 4) is 0 Å². The molecule has 1 saturated heterocycles. The Bertz CT molecular complexity index is 508. The Morgan fingerprint density at radius 3 is 2.42 bits per heavy atom. The van der Waals surface area contributed by atoms with E-state index < -0.39 is 6.10 Å². The second kappa shape index (κ2) is 9.04. The van der Waals surface area contributed by atoms with Gasteiger partial charge in [-0.1, -0.05) is 26.0 Å². The van der Waals surface area contributed by atoms with Crippen molar-refractivity contribution in [2.45, 2.75) is 45.8 Å². The molecule has 1 fully saturated rings. The van der Waals surface area contributed by atoms with E-state index >= 15 is 0 Å². The number of nitrogens with zero attached hydrogens (tertiary/aromatic N) is 1. The van der Waals surface area contributed by atoms with Crippen LogP contribution >= 0.6 is 0 Å². The number of hydrogen-bond donors (Lipinski definition) is 3. The van der Waals surface area contributed by atoms with E-state index in [-0.39, 0.29) is 24.9 Å². The zero-order chi connectivity index (χ0) is 17.5. The van der Waals surface area contributed by atoms with E-state index in [1.165, 1.54) is 5.69 Å². The zero-order valence-electron chi connectivity index (χ0n) is 14.7. The molecule has 0 saturated carbocycles. The van der Waals surface area contributed by atoms with Gasteiger partial charge in [-0.3, -0.25) is 4.79 Å².